The summed E-state index contributed by atoms with van der Waals surface area (Å²) in [6.07, 6.45) is 0.598. The summed E-state index contributed by atoms with van der Waals surface area (Å²) in [5, 5.41) is 23.8. The fourth-order valence-corrected chi connectivity index (χ4v) is 3.29. The number of para-hydroxylation sites is 3. The number of hydrogen-bond acceptors (Lipinski definition) is 5. The number of nitrogen functional groups attached to an aromatic ring is 1. The summed E-state index contributed by atoms with van der Waals surface area (Å²) in [4.78, 5) is 12.4. The number of phenols is 1. The van der Waals surface area contributed by atoms with E-state index >= 15 is 0 Å². The number of aliphatic hydroxyl groups excluding tert-OH is 1. The van der Waals surface area contributed by atoms with Crippen molar-refractivity contribution in [1.82, 2.24) is 0 Å². The number of amides is 1. The zero-order chi connectivity index (χ0) is 21.5. The monoisotopic (exact) mass is 516 g/mol. The standard InChI is InChI=1S/C23H21IN2O4/c24-15-10-11-20(27)17(14-15)23(29)21(30-16-6-2-1-3-7-16)12-13-22(28)26-19-9-5-4-8-18(19)25/h1-14,21,23,27,29H,25H2,(H,26,28)/b13-12+/t21-,23-/m1/s1. The van der Waals surface area contributed by atoms with E-state index in [4.69, 9.17) is 10.5 Å². The zero-order valence-electron chi connectivity index (χ0n) is 15.9. The van der Waals surface area contributed by atoms with Gasteiger partial charge >= 0.3 is 0 Å². The maximum atomic E-state index is 12.4. The minimum Gasteiger partial charge on any atom is -0.508 e. The molecule has 0 unspecified atom stereocenters. The average Bonchev–Trinajstić information content (AvgIpc) is 2.74. The Bertz CT molecular complexity index is 1040. The fraction of sp³-hybridized carbons (Fsp3) is 0.0870. The minimum absolute atomic E-state index is 0.0560. The maximum absolute atomic E-state index is 12.4. The van der Waals surface area contributed by atoms with Crippen LogP contribution < -0.4 is 15.8 Å². The Labute approximate surface area is 188 Å². The van der Waals surface area contributed by atoms with Gasteiger partial charge in [0.15, 0.2) is 0 Å². The second-order valence-electron chi connectivity index (χ2n) is 6.48. The molecule has 6 nitrogen and oxygen atoms in total. The van der Waals surface area contributed by atoms with Gasteiger partial charge in [0.2, 0.25) is 5.91 Å². The number of nitrogens with two attached hydrogens (primary N) is 1. The molecule has 0 aliphatic rings. The summed E-state index contributed by atoms with van der Waals surface area (Å²) in [5.41, 5.74) is 7.09. The Morgan fingerprint density at radius 3 is 2.50 bits per heavy atom. The van der Waals surface area contributed by atoms with Gasteiger partial charge in [0.25, 0.3) is 0 Å². The molecule has 3 aromatic carbocycles. The summed E-state index contributed by atoms with van der Waals surface area (Å²) in [5.74, 6) is 0.0390. The van der Waals surface area contributed by atoms with E-state index in [1.54, 1.807) is 60.7 Å². The molecule has 30 heavy (non-hydrogen) atoms. The van der Waals surface area contributed by atoms with Crippen molar-refractivity contribution in [3.8, 4) is 11.5 Å². The second-order valence-corrected chi connectivity index (χ2v) is 7.72. The first-order valence-electron chi connectivity index (χ1n) is 9.16. The van der Waals surface area contributed by atoms with Crippen molar-refractivity contribution in [2.24, 2.45) is 0 Å². The maximum Gasteiger partial charge on any atom is 0.248 e. The SMILES string of the molecule is Nc1ccccc1NC(=O)/C=C/[C@@H](Oc1ccccc1)[C@H](O)c1cc(I)ccc1O. The molecule has 7 heteroatoms. The number of carbonyl (C=O) groups is 1. The number of hydrogen-bond donors (Lipinski definition) is 4. The number of carbonyl (C=O) groups excluding carboxylic acids is 1. The third kappa shape index (κ3) is 5.74. The number of rotatable bonds is 7. The lowest BCUT2D eigenvalue weighted by Crippen LogP contribution is -2.24. The molecule has 0 radical (unpaired) electrons. The highest BCUT2D eigenvalue weighted by atomic mass is 127. The van der Waals surface area contributed by atoms with Gasteiger partial charge in [-0.2, -0.15) is 0 Å². The largest absolute Gasteiger partial charge is 0.508 e. The van der Waals surface area contributed by atoms with Crippen LogP contribution in [0.15, 0.2) is 84.9 Å². The molecule has 2 atom stereocenters. The molecule has 0 fully saturated rings. The normalized spacial score (nSPS) is 13.0. The first kappa shape index (κ1) is 21.7. The van der Waals surface area contributed by atoms with Crippen LogP contribution in [0.1, 0.15) is 11.7 Å². The van der Waals surface area contributed by atoms with Crippen molar-refractivity contribution in [2.45, 2.75) is 12.2 Å². The Balaban J connectivity index is 1.83. The molecule has 0 aliphatic heterocycles. The lowest BCUT2D eigenvalue weighted by Gasteiger charge is -2.22. The van der Waals surface area contributed by atoms with Crippen molar-refractivity contribution in [3.05, 3.63) is 94.1 Å². The third-order valence-corrected chi connectivity index (χ3v) is 4.96. The van der Waals surface area contributed by atoms with Gasteiger partial charge in [0, 0.05) is 15.2 Å². The van der Waals surface area contributed by atoms with Crippen molar-refractivity contribution >= 4 is 39.9 Å². The Morgan fingerprint density at radius 1 is 1.07 bits per heavy atom. The molecule has 0 aliphatic carbocycles. The molecule has 1 amide bonds. The van der Waals surface area contributed by atoms with Crippen LogP contribution in [0.2, 0.25) is 0 Å². The number of aliphatic hydroxyl groups is 1. The summed E-state index contributed by atoms with van der Waals surface area (Å²) >= 11 is 2.09. The van der Waals surface area contributed by atoms with Crippen LogP contribution in [-0.2, 0) is 4.79 Å². The van der Waals surface area contributed by atoms with Crippen LogP contribution in [-0.4, -0.2) is 22.2 Å². The Hall–Kier alpha value is -3.04. The highest BCUT2D eigenvalue weighted by Gasteiger charge is 2.24. The molecular weight excluding hydrogens is 495 g/mol. The molecule has 3 aromatic rings. The second kappa shape index (κ2) is 10.1. The minimum atomic E-state index is -1.20. The van der Waals surface area contributed by atoms with Gasteiger partial charge in [0.05, 0.1) is 11.4 Å². The zero-order valence-corrected chi connectivity index (χ0v) is 18.1. The van der Waals surface area contributed by atoms with Crippen molar-refractivity contribution in [2.75, 3.05) is 11.1 Å². The van der Waals surface area contributed by atoms with E-state index in [2.05, 4.69) is 27.9 Å². The van der Waals surface area contributed by atoms with Crippen LogP contribution in [0.3, 0.4) is 0 Å². The van der Waals surface area contributed by atoms with Gasteiger partial charge < -0.3 is 26.0 Å². The van der Waals surface area contributed by atoms with Gasteiger partial charge in [-0.3, -0.25) is 4.79 Å². The number of halogens is 1. The van der Waals surface area contributed by atoms with Crippen LogP contribution >= 0.6 is 22.6 Å². The lowest BCUT2D eigenvalue weighted by atomic mass is 10.0. The molecule has 154 valence electrons. The van der Waals surface area contributed by atoms with Crippen molar-refractivity contribution < 1.29 is 19.7 Å². The molecule has 0 heterocycles. The smallest absolute Gasteiger partial charge is 0.248 e. The third-order valence-electron chi connectivity index (χ3n) is 4.29. The highest BCUT2D eigenvalue weighted by molar-refractivity contribution is 14.1. The Kier molecular flexibility index (Phi) is 7.31. The number of aromatic hydroxyl groups is 1. The van der Waals surface area contributed by atoms with Crippen LogP contribution in [0.4, 0.5) is 11.4 Å². The van der Waals surface area contributed by atoms with Gasteiger partial charge in [-0.05, 0) is 71.1 Å². The average molecular weight is 516 g/mol. The topological polar surface area (TPSA) is 105 Å². The number of anilines is 2. The first-order chi connectivity index (χ1) is 14.4. The molecule has 0 spiro atoms. The molecule has 0 aromatic heterocycles. The molecule has 3 rings (SSSR count). The number of benzene rings is 3. The molecule has 0 bridgehead atoms. The van der Waals surface area contributed by atoms with E-state index < -0.39 is 18.1 Å². The summed E-state index contributed by atoms with van der Waals surface area (Å²) in [6.45, 7) is 0. The fourth-order valence-electron chi connectivity index (χ4n) is 2.77. The van der Waals surface area contributed by atoms with E-state index in [0.29, 0.717) is 22.7 Å². The summed E-state index contributed by atoms with van der Waals surface area (Å²) in [6, 6.07) is 20.8. The predicted molar refractivity (Wildman–Crippen MR) is 125 cm³/mol. The van der Waals surface area contributed by atoms with Crippen LogP contribution in [0.5, 0.6) is 11.5 Å². The summed E-state index contributed by atoms with van der Waals surface area (Å²) in [7, 11) is 0. The molecular formula is C23H21IN2O4. The van der Waals surface area contributed by atoms with E-state index in [-0.39, 0.29) is 5.75 Å². The Morgan fingerprint density at radius 2 is 1.77 bits per heavy atom. The van der Waals surface area contributed by atoms with Crippen LogP contribution in [0.25, 0.3) is 0 Å². The number of nitrogens with one attached hydrogen (secondary N) is 1. The quantitative estimate of drug-likeness (QED) is 0.214. The molecule has 0 saturated heterocycles. The van der Waals surface area contributed by atoms with Crippen molar-refractivity contribution in [3.63, 3.8) is 0 Å². The molecule has 0 saturated carbocycles. The van der Waals surface area contributed by atoms with E-state index in [1.165, 1.54) is 18.2 Å². The van der Waals surface area contributed by atoms with E-state index in [0.717, 1.165) is 3.57 Å². The van der Waals surface area contributed by atoms with Crippen molar-refractivity contribution in [1.29, 1.82) is 0 Å². The van der Waals surface area contributed by atoms with Gasteiger partial charge in [0.1, 0.15) is 23.7 Å². The van der Waals surface area contributed by atoms with E-state index in [1.807, 2.05) is 6.07 Å². The summed E-state index contributed by atoms with van der Waals surface area (Å²) < 4.78 is 6.74. The van der Waals surface area contributed by atoms with Crippen LogP contribution in [0, 0.1) is 3.57 Å². The van der Waals surface area contributed by atoms with Gasteiger partial charge in [-0.15, -0.1) is 0 Å². The number of ether oxygens (including phenoxy) is 1. The highest BCUT2D eigenvalue weighted by Crippen LogP contribution is 2.30. The first-order valence-corrected chi connectivity index (χ1v) is 10.2. The van der Waals surface area contributed by atoms with Gasteiger partial charge in [-0.1, -0.05) is 30.3 Å². The lowest BCUT2D eigenvalue weighted by molar-refractivity contribution is -0.112. The predicted octanol–water partition coefficient (Wildman–Crippen LogP) is 4.25. The van der Waals surface area contributed by atoms with E-state index in [9.17, 15) is 15.0 Å². The number of phenolic OH excluding ortho intramolecular Hbond substituents is 1. The van der Waals surface area contributed by atoms with Gasteiger partial charge in [-0.25, -0.2) is 0 Å². The molecule has 5 N–H and O–H groups in total.